The average Bonchev–Trinajstić information content (AvgIpc) is 2.65. The largest absolute Gasteiger partial charge is 0.454 e. The normalized spacial score (nSPS) is 16.2. The van der Waals surface area contributed by atoms with Gasteiger partial charge in [0.15, 0.2) is 11.6 Å². The molecule has 4 nitrogen and oxygen atoms in total. The summed E-state index contributed by atoms with van der Waals surface area (Å²) in [6, 6.07) is 13.7. The van der Waals surface area contributed by atoms with Crippen molar-refractivity contribution in [2.45, 2.75) is 25.8 Å². The van der Waals surface area contributed by atoms with Crippen molar-refractivity contribution in [2.24, 2.45) is 5.92 Å². The molecule has 2 aromatic carbocycles. The van der Waals surface area contributed by atoms with Gasteiger partial charge < -0.3 is 15.4 Å². The van der Waals surface area contributed by atoms with Crippen molar-refractivity contribution in [1.29, 1.82) is 0 Å². The molecule has 1 fully saturated rings. The van der Waals surface area contributed by atoms with E-state index in [-0.39, 0.29) is 23.6 Å². The molecule has 25 heavy (non-hydrogen) atoms. The molecule has 0 unspecified atom stereocenters. The summed E-state index contributed by atoms with van der Waals surface area (Å²) in [7, 11) is 0. The van der Waals surface area contributed by atoms with Crippen LogP contribution in [-0.2, 0) is 4.79 Å². The number of ether oxygens (including phenoxy) is 1. The molecule has 1 amide bonds. The number of rotatable bonds is 5. The Kier molecular flexibility index (Phi) is 5.66. The molecular weight excluding hydrogens is 319 g/mol. The number of amides is 1. The summed E-state index contributed by atoms with van der Waals surface area (Å²) in [4.78, 5) is 12.3. The van der Waals surface area contributed by atoms with Crippen LogP contribution in [0.4, 0.5) is 4.39 Å². The van der Waals surface area contributed by atoms with Crippen molar-refractivity contribution in [3.63, 3.8) is 0 Å². The Morgan fingerprint density at radius 1 is 1.20 bits per heavy atom. The smallest absolute Gasteiger partial charge is 0.223 e. The molecule has 2 N–H and O–H groups in total. The fourth-order valence-corrected chi connectivity index (χ4v) is 2.98. The first-order valence-electron chi connectivity index (χ1n) is 8.67. The summed E-state index contributed by atoms with van der Waals surface area (Å²) in [5, 5.41) is 6.23. The van der Waals surface area contributed by atoms with Gasteiger partial charge in [0.2, 0.25) is 5.91 Å². The highest BCUT2D eigenvalue weighted by atomic mass is 19.1. The van der Waals surface area contributed by atoms with E-state index in [2.05, 4.69) is 10.6 Å². The minimum atomic E-state index is -0.440. The standard InChI is InChI=1S/C20H23FN2O2/c1-14(23-20(24)15-9-11-22-12-10-15)16-7-8-19(18(21)13-16)25-17-5-3-2-4-6-17/h2-8,13-15,22H,9-12H2,1H3,(H,23,24)/t14-/m0/s1. The van der Waals surface area contributed by atoms with Gasteiger partial charge in [-0.2, -0.15) is 0 Å². The Labute approximate surface area is 147 Å². The van der Waals surface area contributed by atoms with Gasteiger partial charge >= 0.3 is 0 Å². The van der Waals surface area contributed by atoms with E-state index in [0.717, 1.165) is 31.5 Å². The van der Waals surface area contributed by atoms with Crippen molar-refractivity contribution in [3.8, 4) is 11.5 Å². The lowest BCUT2D eigenvalue weighted by Gasteiger charge is -2.24. The van der Waals surface area contributed by atoms with Crippen LogP contribution in [0.15, 0.2) is 48.5 Å². The highest BCUT2D eigenvalue weighted by Crippen LogP contribution is 2.27. The van der Waals surface area contributed by atoms with E-state index in [1.807, 2.05) is 25.1 Å². The number of piperidine rings is 1. The number of benzene rings is 2. The zero-order valence-electron chi connectivity index (χ0n) is 14.3. The van der Waals surface area contributed by atoms with Gasteiger partial charge in [-0.1, -0.05) is 24.3 Å². The highest BCUT2D eigenvalue weighted by Gasteiger charge is 2.22. The van der Waals surface area contributed by atoms with E-state index in [4.69, 9.17) is 4.74 Å². The first kappa shape index (κ1) is 17.4. The SMILES string of the molecule is C[C@H](NC(=O)C1CCNCC1)c1ccc(Oc2ccccc2)c(F)c1. The average molecular weight is 342 g/mol. The Balaban J connectivity index is 1.64. The minimum Gasteiger partial charge on any atom is -0.454 e. The Bertz CT molecular complexity index is 715. The van der Waals surface area contributed by atoms with Gasteiger partial charge in [-0.05, 0) is 62.7 Å². The topological polar surface area (TPSA) is 50.4 Å². The number of hydrogen-bond donors (Lipinski definition) is 2. The van der Waals surface area contributed by atoms with E-state index in [9.17, 15) is 9.18 Å². The van der Waals surface area contributed by atoms with Gasteiger partial charge in [-0.3, -0.25) is 4.79 Å². The van der Waals surface area contributed by atoms with Crippen LogP contribution in [0.25, 0.3) is 0 Å². The molecular formula is C20H23FN2O2. The minimum absolute atomic E-state index is 0.0363. The van der Waals surface area contributed by atoms with Gasteiger partial charge in [0.1, 0.15) is 5.75 Å². The first-order chi connectivity index (χ1) is 12.1. The number of carbonyl (C=O) groups is 1. The van der Waals surface area contributed by atoms with Crippen LogP contribution in [0.3, 0.4) is 0 Å². The summed E-state index contributed by atoms with van der Waals surface area (Å²) in [5.41, 5.74) is 0.722. The second kappa shape index (κ2) is 8.12. The number of hydrogen-bond acceptors (Lipinski definition) is 3. The van der Waals surface area contributed by atoms with Gasteiger partial charge in [0.25, 0.3) is 0 Å². The second-order valence-electron chi connectivity index (χ2n) is 6.36. The molecule has 0 saturated carbocycles. The molecule has 1 saturated heterocycles. The van der Waals surface area contributed by atoms with Crippen molar-refractivity contribution in [3.05, 3.63) is 59.9 Å². The quantitative estimate of drug-likeness (QED) is 0.869. The molecule has 3 rings (SSSR count). The fourth-order valence-electron chi connectivity index (χ4n) is 2.98. The van der Waals surface area contributed by atoms with E-state index < -0.39 is 5.82 Å². The predicted octanol–water partition coefficient (Wildman–Crippen LogP) is 3.79. The lowest BCUT2D eigenvalue weighted by atomic mass is 9.96. The number of nitrogens with one attached hydrogen (secondary N) is 2. The number of para-hydroxylation sites is 1. The zero-order valence-corrected chi connectivity index (χ0v) is 14.3. The van der Waals surface area contributed by atoms with Crippen LogP contribution in [0.1, 0.15) is 31.4 Å². The van der Waals surface area contributed by atoms with E-state index in [0.29, 0.717) is 5.75 Å². The van der Waals surface area contributed by atoms with Crippen LogP contribution >= 0.6 is 0 Å². The van der Waals surface area contributed by atoms with Crippen LogP contribution in [0.5, 0.6) is 11.5 Å². The molecule has 132 valence electrons. The molecule has 0 aliphatic carbocycles. The van der Waals surface area contributed by atoms with Crippen molar-refractivity contribution in [1.82, 2.24) is 10.6 Å². The van der Waals surface area contributed by atoms with Gasteiger partial charge in [0, 0.05) is 5.92 Å². The molecule has 0 bridgehead atoms. The summed E-state index contributed by atoms with van der Waals surface area (Å²) in [5.74, 6) is 0.394. The Morgan fingerprint density at radius 2 is 1.92 bits per heavy atom. The van der Waals surface area contributed by atoms with Crippen LogP contribution < -0.4 is 15.4 Å². The van der Waals surface area contributed by atoms with E-state index >= 15 is 0 Å². The molecule has 0 aromatic heterocycles. The predicted molar refractivity (Wildman–Crippen MR) is 95.1 cm³/mol. The third-order valence-corrected chi connectivity index (χ3v) is 4.50. The summed E-state index contributed by atoms with van der Waals surface area (Å²) in [6.45, 7) is 3.60. The molecule has 5 heteroatoms. The summed E-state index contributed by atoms with van der Waals surface area (Å²) in [6.07, 6.45) is 1.69. The molecule has 0 spiro atoms. The molecule has 2 aromatic rings. The maximum atomic E-state index is 14.3. The third kappa shape index (κ3) is 4.57. The number of carbonyl (C=O) groups excluding carboxylic acids is 1. The molecule has 1 atom stereocenters. The third-order valence-electron chi connectivity index (χ3n) is 4.50. The van der Waals surface area contributed by atoms with Gasteiger partial charge in [-0.15, -0.1) is 0 Å². The van der Waals surface area contributed by atoms with Crippen molar-refractivity contribution >= 4 is 5.91 Å². The Morgan fingerprint density at radius 3 is 2.60 bits per heavy atom. The summed E-state index contributed by atoms with van der Waals surface area (Å²) >= 11 is 0. The molecule has 1 aliphatic rings. The zero-order chi connectivity index (χ0) is 17.6. The number of halogens is 1. The second-order valence-corrected chi connectivity index (χ2v) is 6.36. The molecule has 0 radical (unpaired) electrons. The van der Waals surface area contributed by atoms with Crippen molar-refractivity contribution < 1.29 is 13.9 Å². The van der Waals surface area contributed by atoms with Crippen LogP contribution in [-0.4, -0.2) is 19.0 Å². The highest BCUT2D eigenvalue weighted by molar-refractivity contribution is 5.79. The van der Waals surface area contributed by atoms with Crippen LogP contribution in [0, 0.1) is 11.7 Å². The van der Waals surface area contributed by atoms with Crippen molar-refractivity contribution in [2.75, 3.05) is 13.1 Å². The first-order valence-corrected chi connectivity index (χ1v) is 8.67. The Hall–Kier alpha value is -2.40. The lowest BCUT2D eigenvalue weighted by molar-refractivity contribution is -0.126. The lowest BCUT2D eigenvalue weighted by Crippen LogP contribution is -2.39. The van der Waals surface area contributed by atoms with Gasteiger partial charge in [-0.25, -0.2) is 4.39 Å². The summed E-state index contributed by atoms with van der Waals surface area (Å²) < 4.78 is 19.9. The molecule has 1 heterocycles. The maximum Gasteiger partial charge on any atom is 0.223 e. The van der Waals surface area contributed by atoms with Gasteiger partial charge in [0.05, 0.1) is 6.04 Å². The van der Waals surface area contributed by atoms with Crippen LogP contribution in [0.2, 0.25) is 0 Å². The van der Waals surface area contributed by atoms with E-state index in [1.54, 1.807) is 24.3 Å². The monoisotopic (exact) mass is 342 g/mol. The molecule has 1 aliphatic heterocycles. The maximum absolute atomic E-state index is 14.3. The van der Waals surface area contributed by atoms with E-state index in [1.165, 1.54) is 6.07 Å². The fraction of sp³-hybridized carbons (Fsp3) is 0.350.